The van der Waals surface area contributed by atoms with Gasteiger partial charge in [0.2, 0.25) is 11.8 Å². The van der Waals surface area contributed by atoms with Crippen LogP contribution in [0.1, 0.15) is 24.0 Å². The Kier molecular flexibility index (Phi) is 11.2. The number of urea groups is 1. The van der Waals surface area contributed by atoms with Gasteiger partial charge in [0.25, 0.3) is 5.91 Å². The molecule has 0 radical (unpaired) electrons. The highest BCUT2D eigenvalue weighted by atomic mass is 32.2. The highest BCUT2D eigenvalue weighted by molar-refractivity contribution is 7.90. The molecule has 5 amide bonds. The fraction of sp³-hybridized carbons (Fsp3) is 0.360. The number of imide groups is 1. The van der Waals surface area contributed by atoms with E-state index in [1.54, 1.807) is 54.6 Å². The van der Waals surface area contributed by atoms with Crippen molar-refractivity contribution in [2.75, 3.05) is 25.1 Å². The summed E-state index contributed by atoms with van der Waals surface area (Å²) in [7, 11) is -3.37. The molecule has 37 heavy (non-hydrogen) atoms. The lowest BCUT2D eigenvalue weighted by atomic mass is 10.2. The second-order valence-corrected chi connectivity index (χ2v) is 10.8. The van der Waals surface area contributed by atoms with Crippen LogP contribution in [0, 0.1) is 0 Å². The zero-order valence-electron chi connectivity index (χ0n) is 20.6. The number of rotatable bonds is 13. The van der Waals surface area contributed by atoms with E-state index in [1.807, 2.05) is 6.07 Å². The second kappa shape index (κ2) is 14.1. The van der Waals surface area contributed by atoms with Crippen LogP contribution in [0.3, 0.4) is 0 Å². The Balaban J connectivity index is 2.22. The molecule has 0 aliphatic carbocycles. The third-order valence-electron chi connectivity index (χ3n) is 5.25. The number of hydrogen-bond acceptors (Lipinski definition) is 7. The zero-order chi connectivity index (χ0) is 27.4. The predicted molar refractivity (Wildman–Crippen MR) is 136 cm³/mol. The SMILES string of the molecule is CS(=O)(=O)CCCN(C(=O)CC(N)=O)C(=O)N(Cc1ccccc1)C[C@H](O)C(=O)NCc1ccccc1. The van der Waals surface area contributed by atoms with Crippen molar-refractivity contribution in [2.45, 2.75) is 32.0 Å². The monoisotopic (exact) mass is 532 g/mol. The van der Waals surface area contributed by atoms with Gasteiger partial charge in [-0.05, 0) is 17.5 Å². The van der Waals surface area contributed by atoms with Crippen LogP contribution in [0.2, 0.25) is 0 Å². The first-order chi connectivity index (χ1) is 17.5. The van der Waals surface area contributed by atoms with E-state index in [0.717, 1.165) is 21.6 Å². The standard InChI is InChI=1S/C25H32N4O7S/c1-37(35,36)14-8-13-29(23(32)15-22(26)31)25(34)28(17-20-11-6-3-7-12-20)18-21(30)24(33)27-16-19-9-4-2-5-10-19/h2-7,9-12,21,30H,8,13-18H2,1H3,(H2,26,31)(H,27,33)/t21-/m0/s1. The van der Waals surface area contributed by atoms with E-state index in [4.69, 9.17) is 5.73 Å². The lowest BCUT2D eigenvalue weighted by Gasteiger charge is -2.31. The topological polar surface area (TPSA) is 167 Å². The molecular formula is C25H32N4O7S. The lowest BCUT2D eigenvalue weighted by Crippen LogP contribution is -2.51. The van der Waals surface area contributed by atoms with Gasteiger partial charge in [0, 0.05) is 25.9 Å². The molecular weight excluding hydrogens is 500 g/mol. The molecule has 200 valence electrons. The van der Waals surface area contributed by atoms with Crippen molar-refractivity contribution < 1.29 is 32.7 Å². The summed E-state index contributed by atoms with van der Waals surface area (Å²) < 4.78 is 23.1. The number of primary amides is 1. The number of benzene rings is 2. The van der Waals surface area contributed by atoms with Crippen molar-refractivity contribution in [3.8, 4) is 0 Å². The summed E-state index contributed by atoms with van der Waals surface area (Å²) in [4.78, 5) is 51.9. The summed E-state index contributed by atoms with van der Waals surface area (Å²) in [6, 6.07) is 16.9. The van der Waals surface area contributed by atoms with Gasteiger partial charge >= 0.3 is 6.03 Å². The summed E-state index contributed by atoms with van der Waals surface area (Å²) in [5.41, 5.74) is 6.60. The molecule has 0 saturated carbocycles. The molecule has 0 aliphatic rings. The van der Waals surface area contributed by atoms with Crippen LogP contribution in [0.5, 0.6) is 0 Å². The van der Waals surface area contributed by atoms with Gasteiger partial charge in [-0.3, -0.25) is 19.3 Å². The molecule has 1 atom stereocenters. The predicted octanol–water partition coefficient (Wildman–Crippen LogP) is 0.425. The molecule has 2 aromatic rings. The summed E-state index contributed by atoms with van der Waals surface area (Å²) in [5, 5.41) is 13.2. The van der Waals surface area contributed by atoms with Crippen molar-refractivity contribution in [2.24, 2.45) is 5.73 Å². The number of hydrogen-bond donors (Lipinski definition) is 3. The number of nitrogens with two attached hydrogens (primary N) is 1. The highest BCUT2D eigenvalue weighted by Gasteiger charge is 2.30. The molecule has 0 heterocycles. The number of sulfone groups is 1. The average Bonchev–Trinajstić information content (AvgIpc) is 2.84. The lowest BCUT2D eigenvalue weighted by molar-refractivity contribution is -0.133. The van der Waals surface area contributed by atoms with Gasteiger partial charge in [0.15, 0.2) is 0 Å². The van der Waals surface area contributed by atoms with Crippen molar-refractivity contribution >= 4 is 33.6 Å². The van der Waals surface area contributed by atoms with Crippen molar-refractivity contribution in [1.29, 1.82) is 0 Å². The number of nitrogens with zero attached hydrogens (tertiary/aromatic N) is 2. The Morgan fingerprint density at radius 1 is 0.973 bits per heavy atom. The quantitative estimate of drug-likeness (QED) is 0.314. The molecule has 0 spiro atoms. The van der Waals surface area contributed by atoms with E-state index >= 15 is 0 Å². The number of nitrogens with one attached hydrogen (secondary N) is 1. The van der Waals surface area contributed by atoms with E-state index in [2.05, 4.69) is 5.32 Å². The average molecular weight is 533 g/mol. The van der Waals surface area contributed by atoms with E-state index in [9.17, 15) is 32.7 Å². The zero-order valence-corrected chi connectivity index (χ0v) is 21.4. The first-order valence-electron chi connectivity index (χ1n) is 11.5. The first-order valence-corrected chi connectivity index (χ1v) is 13.6. The van der Waals surface area contributed by atoms with Crippen LogP contribution in [0.4, 0.5) is 4.79 Å². The highest BCUT2D eigenvalue weighted by Crippen LogP contribution is 2.12. The molecule has 0 fully saturated rings. The summed E-state index contributed by atoms with van der Waals surface area (Å²) >= 11 is 0. The number of aliphatic hydroxyl groups excluding tert-OH is 1. The Morgan fingerprint density at radius 2 is 1.54 bits per heavy atom. The molecule has 2 aromatic carbocycles. The molecule has 0 bridgehead atoms. The maximum atomic E-state index is 13.5. The smallest absolute Gasteiger partial charge is 0.327 e. The van der Waals surface area contributed by atoms with Crippen molar-refractivity contribution in [3.05, 3.63) is 71.8 Å². The van der Waals surface area contributed by atoms with Crippen LogP contribution < -0.4 is 11.1 Å². The number of aliphatic hydroxyl groups is 1. The molecule has 0 saturated heterocycles. The summed E-state index contributed by atoms with van der Waals surface area (Å²) in [6.07, 6.45) is -1.42. The van der Waals surface area contributed by atoms with E-state index in [-0.39, 0.29) is 31.8 Å². The molecule has 2 rings (SSSR count). The van der Waals surface area contributed by atoms with E-state index in [0.29, 0.717) is 5.56 Å². The largest absolute Gasteiger partial charge is 0.381 e. The number of carbonyl (C=O) groups excluding carboxylic acids is 4. The minimum Gasteiger partial charge on any atom is -0.381 e. The molecule has 0 aliphatic heterocycles. The Hall–Kier alpha value is -3.77. The maximum Gasteiger partial charge on any atom is 0.327 e. The fourth-order valence-electron chi connectivity index (χ4n) is 3.44. The molecule has 11 nitrogen and oxygen atoms in total. The Morgan fingerprint density at radius 3 is 2.08 bits per heavy atom. The first kappa shape index (κ1) is 29.5. The summed E-state index contributed by atoms with van der Waals surface area (Å²) in [6.45, 7) is -0.645. The van der Waals surface area contributed by atoms with Gasteiger partial charge in [-0.1, -0.05) is 60.7 Å². The van der Waals surface area contributed by atoms with Crippen molar-refractivity contribution in [3.63, 3.8) is 0 Å². The van der Waals surface area contributed by atoms with Crippen LogP contribution in [-0.2, 0) is 37.3 Å². The normalized spacial score (nSPS) is 11.8. The van der Waals surface area contributed by atoms with Gasteiger partial charge in [0.1, 0.15) is 22.4 Å². The fourth-order valence-corrected chi connectivity index (χ4v) is 4.09. The van der Waals surface area contributed by atoms with Crippen LogP contribution in [-0.4, -0.2) is 78.3 Å². The van der Waals surface area contributed by atoms with Gasteiger partial charge in [-0.25, -0.2) is 13.2 Å². The number of carbonyl (C=O) groups is 4. The summed E-state index contributed by atoms with van der Waals surface area (Å²) in [5.74, 6) is -2.88. The van der Waals surface area contributed by atoms with Gasteiger partial charge < -0.3 is 21.1 Å². The van der Waals surface area contributed by atoms with Crippen LogP contribution in [0.25, 0.3) is 0 Å². The maximum absolute atomic E-state index is 13.5. The second-order valence-electron chi connectivity index (χ2n) is 8.54. The van der Waals surface area contributed by atoms with Gasteiger partial charge in [-0.2, -0.15) is 0 Å². The van der Waals surface area contributed by atoms with Crippen LogP contribution >= 0.6 is 0 Å². The minimum absolute atomic E-state index is 0.0604. The van der Waals surface area contributed by atoms with Gasteiger partial charge in [0.05, 0.1) is 12.3 Å². The third kappa shape index (κ3) is 10.8. The Labute approximate surface area is 216 Å². The van der Waals surface area contributed by atoms with Gasteiger partial charge in [-0.15, -0.1) is 0 Å². The number of amides is 5. The van der Waals surface area contributed by atoms with Crippen LogP contribution in [0.15, 0.2) is 60.7 Å². The minimum atomic E-state index is -3.37. The molecule has 4 N–H and O–H groups in total. The molecule has 0 aromatic heterocycles. The molecule has 12 heteroatoms. The van der Waals surface area contributed by atoms with E-state index < -0.39 is 52.7 Å². The Bertz CT molecular complexity index is 1170. The molecule has 0 unspecified atom stereocenters. The van der Waals surface area contributed by atoms with E-state index in [1.165, 1.54) is 0 Å². The van der Waals surface area contributed by atoms with Crippen molar-refractivity contribution in [1.82, 2.24) is 15.1 Å². The third-order valence-corrected chi connectivity index (χ3v) is 6.28.